The zero-order chi connectivity index (χ0) is 18.0. The van der Waals surface area contributed by atoms with Gasteiger partial charge in [0.1, 0.15) is 5.69 Å². The maximum Gasteiger partial charge on any atom is 0.274 e. The summed E-state index contributed by atoms with van der Waals surface area (Å²) in [5.74, 6) is 1.37. The molecule has 0 spiro atoms. The lowest BCUT2D eigenvalue weighted by Gasteiger charge is -2.16. The summed E-state index contributed by atoms with van der Waals surface area (Å²) in [7, 11) is 6.39. The van der Waals surface area contributed by atoms with Gasteiger partial charge in [-0.2, -0.15) is 0 Å². The third kappa shape index (κ3) is 2.87. The molecular weight excluding hydrogens is 320 g/mol. The number of anilines is 1. The number of aromatic nitrogens is 1. The highest BCUT2D eigenvalue weighted by molar-refractivity contribution is 6.08. The Bertz CT molecular complexity index is 903. The summed E-state index contributed by atoms with van der Waals surface area (Å²) in [6, 6.07) is 13.1. The topological polar surface area (TPSA) is 63.8 Å². The summed E-state index contributed by atoms with van der Waals surface area (Å²) in [6.07, 6.45) is 0. The maximum atomic E-state index is 12.8. The Kier molecular flexibility index (Phi) is 4.52. The van der Waals surface area contributed by atoms with Crippen molar-refractivity contribution in [3.63, 3.8) is 0 Å². The average molecular weight is 340 g/mol. The summed E-state index contributed by atoms with van der Waals surface area (Å²) in [5, 5.41) is 0.805. The standard InChI is InChI=1S/C19H20N2O4/c1-21(13-8-6-5-7-9-13)19(22)14-10-12-11-15(23-2)17(24-3)18(25-4)16(12)20-14/h5-11,20H,1-4H3. The molecular formula is C19H20N2O4. The molecule has 0 bridgehead atoms. The number of amides is 1. The molecule has 1 aromatic heterocycles. The second kappa shape index (κ2) is 6.76. The average Bonchev–Trinajstić information content (AvgIpc) is 3.09. The van der Waals surface area contributed by atoms with E-state index in [-0.39, 0.29) is 5.91 Å². The number of methoxy groups -OCH3 is 3. The van der Waals surface area contributed by atoms with E-state index in [2.05, 4.69) is 4.98 Å². The first-order valence-electron chi connectivity index (χ1n) is 7.75. The van der Waals surface area contributed by atoms with Crippen molar-refractivity contribution >= 4 is 22.5 Å². The molecule has 2 aromatic carbocycles. The van der Waals surface area contributed by atoms with Crippen LogP contribution in [0.3, 0.4) is 0 Å². The van der Waals surface area contributed by atoms with Gasteiger partial charge in [0.25, 0.3) is 5.91 Å². The third-order valence-corrected chi connectivity index (χ3v) is 4.10. The molecule has 0 saturated heterocycles. The predicted molar refractivity (Wildman–Crippen MR) is 97.1 cm³/mol. The molecule has 3 rings (SSSR count). The summed E-state index contributed by atoms with van der Waals surface area (Å²) in [5.41, 5.74) is 1.95. The van der Waals surface area contributed by atoms with Gasteiger partial charge in [0.15, 0.2) is 11.5 Å². The zero-order valence-corrected chi connectivity index (χ0v) is 14.6. The number of carbonyl (C=O) groups excluding carboxylic acids is 1. The van der Waals surface area contributed by atoms with Gasteiger partial charge in [0.2, 0.25) is 5.75 Å². The Hall–Kier alpha value is -3.15. The SMILES string of the molecule is COc1cc2cc(C(=O)N(C)c3ccccc3)[nH]c2c(OC)c1OC. The van der Waals surface area contributed by atoms with E-state index in [4.69, 9.17) is 14.2 Å². The fourth-order valence-corrected chi connectivity index (χ4v) is 2.81. The van der Waals surface area contributed by atoms with Crippen molar-refractivity contribution in [2.24, 2.45) is 0 Å². The molecule has 0 aliphatic heterocycles. The Morgan fingerprint density at radius 1 is 0.960 bits per heavy atom. The lowest BCUT2D eigenvalue weighted by Crippen LogP contribution is -2.26. The van der Waals surface area contributed by atoms with Crippen molar-refractivity contribution in [3.8, 4) is 17.2 Å². The third-order valence-electron chi connectivity index (χ3n) is 4.10. The number of hydrogen-bond donors (Lipinski definition) is 1. The number of para-hydroxylation sites is 1. The molecule has 0 fully saturated rings. The molecule has 0 atom stereocenters. The second-order valence-corrected chi connectivity index (χ2v) is 5.49. The predicted octanol–water partition coefficient (Wildman–Crippen LogP) is 3.47. The Labute approximate surface area is 145 Å². The van der Waals surface area contributed by atoms with Gasteiger partial charge in [0, 0.05) is 18.1 Å². The van der Waals surface area contributed by atoms with E-state index in [0.29, 0.717) is 28.5 Å². The van der Waals surface area contributed by atoms with Crippen LogP contribution in [0.1, 0.15) is 10.5 Å². The molecule has 0 aliphatic rings. The molecule has 6 heteroatoms. The quantitative estimate of drug-likeness (QED) is 0.772. The van der Waals surface area contributed by atoms with Crippen molar-refractivity contribution < 1.29 is 19.0 Å². The molecule has 1 N–H and O–H groups in total. The minimum Gasteiger partial charge on any atom is -0.493 e. The monoisotopic (exact) mass is 340 g/mol. The van der Waals surface area contributed by atoms with E-state index in [1.54, 1.807) is 39.3 Å². The van der Waals surface area contributed by atoms with Crippen molar-refractivity contribution in [1.82, 2.24) is 4.98 Å². The molecule has 0 saturated carbocycles. The number of carbonyl (C=O) groups is 1. The van der Waals surface area contributed by atoms with Crippen LogP contribution in [0.4, 0.5) is 5.69 Å². The Morgan fingerprint density at radius 3 is 2.24 bits per heavy atom. The van der Waals surface area contributed by atoms with Gasteiger partial charge in [-0.25, -0.2) is 0 Å². The molecule has 0 radical (unpaired) electrons. The van der Waals surface area contributed by atoms with Crippen LogP contribution in [0, 0.1) is 0 Å². The molecule has 0 unspecified atom stereocenters. The number of aromatic amines is 1. The smallest absolute Gasteiger partial charge is 0.274 e. The van der Waals surface area contributed by atoms with Crippen LogP contribution in [-0.4, -0.2) is 39.3 Å². The van der Waals surface area contributed by atoms with Crippen molar-refractivity contribution in [2.45, 2.75) is 0 Å². The first-order valence-corrected chi connectivity index (χ1v) is 7.75. The van der Waals surface area contributed by atoms with Gasteiger partial charge >= 0.3 is 0 Å². The first-order chi connectivity index (χ1) is 12.1. The van der Waals surface area contributed by atoms with E-state index in [1.807, 2.05) is 36.4 Å². The summed E-state index contributed by atoms with van der Waals surface area (Å²) >= 11 is 0. The van der Waals surface area contributed by atoms with E-state index < -0.39 is 0 Å². The van der Waals surface area contributed by atoms with Gasteiger partial charge in [-0.3, -0.25) is 4.79 Å². The van der Waals surface area contributed by atoms with Gasteiger partial charge in [0.05, 0.1) is 26.8 Å². The molecule has 3 aromatic rings. The van der Waals surface area contributed by atoms with E-state index in [0.717, 1.165) is 11.1 Å². The van der Waals surface area contributed by atoms with Crippen molar-refractivity contribution in [1.29, 1.82) is 0 Å². The number of H-pyrrole nitrogens is 1. The zero-order valence-electron chi connectivity index (χ0n) is 14.6. The minimum atomic E-state index is -0.151. The Morgan fingerprint density at radius 2 is 1.64 bits per heavy atom. The van der Waals surface area contributed by atoms with E-state index in [9.17, 15) is 4.79 Å². The lowest BCUT2D eigenvalue weighted by molar-refractivity contribution is 0.0989. The van der Waals surface area contributed by atoms with Gasteiger partial charge < -0.3 is 24.1 Å². The van der Waals surface area contributed by atoms with Crippen molar-refractivity contribution in [2.75, 3.05) is 33.3 Å². The number of ether oxygens (including phenoxy) is 3. The normalized spacial score (nSPS) is 10.6. The van der Waals surface area contributed by atoms with Crippen LogP contribution < -0.4 is 19.1 Å². The summed E-state index contributed by atoms with van der Waals surface area (Å²) in [4.78, 5) is 17.5. The highest BCUT2D eigenvalue weighted by atomic mass is 16.5. The summed E-state index contributed by atoms with van der Waals surface area (Å²) < 4.78 is 16.2. The van der Waals surface area contributed by atoms with Crippen LogP contribution in [0.15, 0.2) is 42.5 Å². The van der Waals surface area contributed by atoms with Crippen molar-refractivity contribution in [3.05, 3.63) is 48.2 Å². The fourth-order valence-electron chi connectivity index (χ4n) is 2.81. The minimum absolute atomic E-state index is 0.151. The highest BCUT2D eigenvalue weighted by Crippen LogP contribution is 2.43. The molecule has 0 aliphatic carbocycles. The lowest BCUT2D eigenvalue weighted by atomic mass is 10.2. The van der Waals surface area contributed by atoms with Gasteiger partial charge in [-0.05, 0) is 24.3 Å². The summed E-state index contributed by atoms with van der Waals surface area (Å²) in [6.45, 7) is 0. The first kappa shape index (κ1) is 16.7. The van der Waals surface area contributed by atoms with Gasteiger partial charge in [-0.15, -0.1) is 0 Å². The number of nitrogens with zero attached hydrogens (tertiary/aromatic N) is 1. The molecule has 6 nitrogen and oxygen atoms in total. The van der Waals surface area contributed by atoms with E-state index in [1.165, 1.54) is 0 Å². The van der Waals surface area contributed by atoms with Crippen LogP contribution in [-0.2, 0) is 0 Å². The largest absolute Gasteiger partial charge is 0.493 e. The van der Waals surface area contributed by atoms with Gasteiger partial charge in [-0.1, -0.05) is 18.2 Å². The fraction of sp³-hybridized carbons (Fsp3) is 0.211. The van der Waals surface area contributed by atoms with Crippen LogP contribution in [0.25, 0.3) is 10.9 Å². The maximum absolute atomic E-state index is 12.8. The molecule has 25 heavy (non-hydrogen) atoms. The number of benzene rings is 2. The van der Waals surface area contributed by atoms with Crippen LogP contribution in [0.5, 0.6) is 17.2 Å². The molecule has 130 valence electrons. The molecule has 1 amide bonds. The number of fused-ring (bicyclic) bond motifs is 1. The number of rotatable bonds is 5. The number of nitrogens with one attached hydrogen (secondary N) is 1. The highest BCUT2D eigenvalue weighted by Gasteiger charge is 2.21. The number of hydrogen-bond acceptors (Lipinski definition) is 4. The van der Waals surface area contributed by atoms with E-state index >= 15 is 0 Å². The van der Waals surface area contributed by atoms with Crippen LogP contribution in [0.2, 0.25) is 0 Å². The van der Waals surface area contributed by atoms with Crippen LogP contribution >= 0.6 is 0 Å². The second-order valence-electron chi connectivity index (χ2n) is 5.49. The Balaban J connectivity index is 2.08. The molecule has 1 heterocycles.